The summed E-state index contributed by atoms with van der Waals surface area (Å²) >= 11 is 0. The first kappa shape index (κ1) is 9.99. The van der Waals surface area contributed by atoms with Crippen molar-refractivity contribution in [2.75, 3.05) is 27.2 Å². The number of hydrogen-bond acceptors (Lipinski definition) is 3. The Kier molecular flexibility index (Phi) is 2.54. The highest BCUT2D eigenvalue weighted by Gasteiger charge is 2.38. The first-order valence-corrected chi connectivity index (χ1v) is 5.46. The lowest BCUT2D eigenvalue weighted by Gasteiger charge is -2.43. The number of nitrogens with zero attached hydrogens (tertiary/aromatic N) is 2. The van der Waals surface area contributed by atoms with Gasteiger partial charge in [0.05, 0.1) is 6.04 Å². The Hall–Kier alpha value is -0.540. The number of hydrazine groups is 1. The Balaban J connectivity index is 2.04. The van der Waals surface area contributed by atoms with E-state index in [9.17, 15) is 0 Å². The second-order valence-electron chi connectivity index (χ2n) is 5.00. The van der Waals surface area contributed by atoms with Crippen molar-refractivity contribution in [2.24, 2.45) is 5.41 Å². The molecule has 0 saturated carbocycles. The molecule has 14 heavy (non-hydrogen) atoms. The Bertz CT molecular complexity index is 229. The molecule has 2 rings (SSSR count). The quantitative estimate of drug-likeness (QED) is 0.675. The Morgan fingerprint density at radius 1 is 1.29 bits per heavy atom. The van der Waals surface area contributed by atoms with Gasteiger partial charge in [0.15, 0.2) is 0 Å². The lowest BCUT2D eigenvalue weighted by Crippen LogP contribution is -2.49. The Labute approximate surface area is 86.7 Å². The summed E-state index contributed by atoms with van der Waals surface area (Å²) in [5.74, 6) is 0. The van der Waals surface area contributed by atoms with E-state index >= 15 is 0 Å². The van der Waals surface area contributed by atoms with Crippen LogP contribution < -0.4 is 5.43 Å². The minimum absolute atomic E-state index is 0.446. The third-order valence-electron chi connectivity index (χ3n) is 3.82. The van der Waals surface area contributed by atoms with Gasteiger partial charge in [0.25, 0.3) is 0 Å². The topological polar surface area (TPSA) is 18.5 Å². The smallest absolute Gasteiger partial charge is 0.0539 e. The monoisotopic (exact) mass is 195 g/mol. The lowest BCUT2D eigenvalue weighted by molar-refractivity contribution is 0.0555. The van der Waals surface area contributed by atoms with Crippen LogP contribution in [0, 0.1) is 5.41 Å². The lowest BCUT2D eigenvalue weighted by atomic mass is 9.74. The molecule has 3 nitrogen and oxygen atoms in total. The molecule has 1 atom stereocenters. The highest BCUT2D eigenvalue weighted by molar-refractivity contribution is 5.07. The van der Waals surface area contributed by atoms with Crippen molar-refractivity contribution in [1.82, 2.24) is 15.3 Å². The summed E-state index contributed by atoms with van der Waals surface area (Å²) < 4.78 is 0. The van der Waals surface area contributed by atoms with Gasteiger partial charge in [-0.25, -0.2) is 5.01 Å². The molecule has 0 aromatic rings. The van der Waals surface area contributed by atoms with Crippen molar-refractivity contribution in [3.05, 3.63) is 12.3 Å². The largest absolute Gasteiger partial charge is 0.326 e. The maximum Gasteiger partial charge on any atom is 0.0539 e. The van der Waals surface area contributed by atoms with E-state index in [1.165, 1.54) is 25.9 Å². The van der Waals surface area contributed by atoms with E-state index in [0.29, 0.717) is 11.5 Å². The number of nitrogens with one attached hydrogen (secondary N) is 1. The maximum atomic E-state index is 3.24. The van der Waals surface area contributed by atoms with Crippen LogP contribution in [0.2, 0.25) is 0 Å². The molecule has 0 amide bonds. The van der Waals surface area contributed by atoms with Gasteiger partial charge in [-0.15, -0.1) is 0 Å². The minimum Gasteiger partial charge on any atom is -0.326 e. The standard InChI is InChI=1S/C11H21N3/c1-11(5-8-13(2)9-6-11)10-4-7-12-14(10)3/h4,7,10,12H,5-6,8-9H2,1-3H3. The summed E-state index contributed by atoms with van der Waals surface area (Å²) in [6, 6.07) is 0.566. The molecule has 1 saturated heterocycles. The molecule has 2 aliphatic rings. The molecule has 3 heteroatoms. The zero-order valence-corrected chi connectivity index (χ0v) is 9.45. The fourth-order valence-electron chi connectivity index (χ4n) is 2.59. The van der Waals surface area contributed by atoms with E-state index in [-0.39, 0.29) is 0 Å². The van der Waals surface area contributed by atoms with Crippen LogP contribution in [0.4, 0.5) is 0 Å². The van der Waals surface area contributed by atoms with Crippen LogP contribution in [-0.4, -0.2) is 43.1 Å². The zero-order valence-electron chi connectivity index (χ0n) is 9.45. The van der Waals surface area contributed by atoms with Crippen LogP contribution in [0.15, 0.2) is 12.3 Å². The molecule has 1 N–H and O–H groups in total. The van der Waals surface area contributed by atoms with Crippen molar-refractivity contribution in [1.29, 1.82) is 0 Å². The number of hydrogen-bond donors (Lipinski definition) is 1. The van der Waals surface area contributed by atoms with Gasteiger partial charge in [-0.1, -0.05) is 6.92 Å². The molecule has 80 valence electrons. The molecule has 0 bridgehead atoms. The second kappa shape index (κ2) is 3.55. The third-order valence-corrected chi connectivity index (χ3v) is 3.82. The summed E-state index contributed by atoms with van der Waals surface area (Å²) in [5.41, 5.74) is 3.69. The molecule has 1 unspecified atom stereocenters. The number of rotatable bonds is 1. The summed E-state index contributed by atoms with van der Waals surface area (Å²) in [7, 11) is 4.35. The second-order valence-corrected chi connectivity index (χ2v) is 5.00. The van der Waals surface area contributed by atoms with Gasteiger partial charge in [-0.05, 0) is 44.5 Å². The average Bonchev–Trinajstić information content (AvgIpc) is 2.58. The van der Waals surface area contributed by atoms with Gasteiger partial charge < -0.3 is 10.3 Å². The van der Waals surface area contributed by atoms with Gasteiger partial charge in [0.1, 0.15) is 0 Å². The fourth-order valence-corrected chi connectivity index (χ4v) is 2.59. The summed E-state index contributed by atoms with van der Waals surface area (Å²) in [6.45, 7) is 4.88. The molecule has 0 aromatic carbocycles. The molecule has 0 aromatic heterocycles. The zero-order chi connectivity index (χ0) is 10.2. The number of likely N-dealkylation sites (tertiary alicyclic amines) is 1. The van der Waals surface area contributed by atoms with Crippen LogP contribution in [0.25, 0.3) is 0 Å². The molecule has 2 aliphatic heterocycles. The summed E-state index contributed by atoms with van der Waals surface area (Å²) in [4.78, 5) is 2.42. The van der Waals surface area contributed by atoms with Gasteiger partial charge >= 0.3 is 0 Å². The summed E-state index contributed by atoms with van der Waals surface area (Å²) in [6.07, 6.45) is 6.95. The van der Waals surface area contributed by atoms with Crippen molar-refractivity contribution in [3.8, 4) is 0 Å². The van der Waals surface area contributed by atoms with E-state index in [4.69, 9.17) is 0 Å². The van der Waals surface area contributed by atoms with E-state index in [0.717, 1.165) is 0 Å². The van der Waals surface area contributed by atoms with Crippen LogP contribution in [0.1, 0.15) is 19.8 Å². The molecule has 0 aliphatic carbocycles. The van der Waals surface area contributed by atoms with Gasteiger partial charge in [-0.3, -0.25) is 0 Å². The highest BCUT2D eigenvalue weighted by atomic mass is 15.5. The van der Waals surface area contributed by atoms with Crippen LogP contribution in [0.3, 0.4) is 0 Å². The predicted molar refractivity (Wildman–Crippen MR) is 58.7 cm³/mol. The third kappa shape index (κ3) is 1.66. The number of piperidine rings is 1. The van der Waals surface area contributed by atoms with E-state index in [1.54, 1.807) is 0 Å². The summed E-state index contributed by atoms with van der Waals surface area (Å²) in [5, 5.41) is 2.23. The highest BCUT2D eigenvalue weighted by Crippen LogP contribution is 2.37. The molecule has 2 heterocycles. The molecular formula is C11H21N3. The van der Waals surface area contributed by atoms with Gasteiger partial charge in [0, 0.05) is 13.2 Å². The molecule has 0 spiro atoms. The number of likely N-dealkylation sites (N-methyl/N-ethyl adjacent to an activating group) is 1. The average molecular weight is 195 g/mol. The van der Waals surface area contributed by atoms with E-state index in [1.807, 2.05) is 0 Å². The van der Waals surface area contributed by atoms with Crippen molar-refractivity contribution < 1.29 is 0 Å². The van der Waals surface area contributed by atoms with E-state index in [2.05, 4.69) is 48.6 Å². The first-order valence-electron chi connectivity index (χ1n) is 5.46. The van der Waals surface area contributed by atoms with Crippen molar-refractivity contribution >= 4 is 0 Å². The molecular weight excluding hydrogens is 174 g/mol. The molecule has 1 fully saturated rings. The van der Waals surface area contributed by atoms with Crippen molar-refractivity contribution in [3.63, 3.8) is 0 Å². The maximum absolute atomic E-state index is 3.24. The van der Waals surface area contributed by atoms with Gasteiger partial charge in [0.2, 0.25) is 0 Å². The Morgan fingerprint density at radius 3 is 2.43 bits per heavy atom. The van der Waals surface area contributed by atoms with Gasteiger partial charge in [-0.2, -0.15) is 0 Å². The SMILES string of the molecule is CN1CCC(C)(C2C=CNN2C)CC1. The Morgan fingerprint density at radius 2 is 1.93 bits per heavy atom. The fraction of sp³-hybridized carbons (Fsp3) is 0.818. The van der Waals surface area contributed by atoms with Crippen LogP contribution >= 0.6 is 0 Å². The first-order chi connectivity index (χ1) is 6.62. The molecule has 0 radical (unpaired) electrons. The van der Waals surface area contributed by atoms with E-state index < -0.39 is 0 Å². The minimum atomic E-state index is 0.446. The van der Waals surface area contributed by atoms with Crippen LogP contribution in [0.5, 0.6) is 0 Å². The predicted octanol–water partition coefficient (Wildman–Crippen LogP) is 1.05. The van der Waals surface area contributed by atoms with Crippen molar-refractivity contribution in [2.45, 2.75) is 25.8 Å². The van der Waals surface area contributed by atoms with Crippen LogP contribution in [-0.2, 0) is 0 Å². The normalized spacial score (nSPS) is 33.2.